The first kappa shape index (κ1) is 11.4. The van der Waals surface area contributed by atoms with Gasteiger partial charge in [0.05, 0.1) is 6.20 Å². The van der Waals surface area contributed by atoms with Gasteiger partial charge in [0.2, 0.25) is 0 Å². The van der Waals surface area contributed by atoms with Crippen molar-refractivity contribution in [3.8, 4) is 0 Å². The number of para-hydroxylation sites is 1. The molecule has 0 radical (unpaired) electrons. The molecule has 2 aromatic heterocycles. The zero-order valence-corrected chi connectivity index (χ0v) is 10.1. The first-order valence-corrected chi connectivity index (χ1v) is 5.94. The van der Waals surface area contributed by atoms with Crippen LogP contribution < -0.4 is 5.32 Å². The Morgan fingerprint density at radius 3 is 3.00 bits per heavy atom. The number of H-pyrrole nitrogens is 1. The van der Waals surface area contributed by atoms with Crippen LogP contribution in [0, 0.1) is 0 Å². The van der Waals surface area contributed by atoms with E-state index in [9.17, 15) is 4.79 Å². The van der Waals surface area contributed by atoms with Gasteiger partial charge in [-0.3, -0.25) is 9.78 Å². The Balaban J connectivity index is 1.75. The Kier molecular flexibility index (Phi) is 2.94. The molecule has 1 aromatic carbocycles. The van der Waals surface area contributed by atoms with Gasteiger partial charge in [-0.1, -0.05) is 18.2 Å². The van der Waals surface area contributed by atoms with E-state index in [0.717, 1.165) is 16.5 Å². The number of carbonyl (C=O) groups excluding carboxylic acids is 1. The summed E-state index contributed by atoms with van der Waals surface area (Å²) < 4.78 is 0. The standard InChI is InChI=1S/C14H12N4O/c19-14(13-9-15-5-6-16-13)18-8-10-7-17-12-4-2-1-3-11(10)12/h1-7,9,17H,8H2,(H,18,19). The van der Waals surface area contributed by atoms with Gasteiger partial charge in [0.1, 0.15) is 5.69 Å². The zero-order chi connectivity index (χ0) is 13.1. The molecule has 0 aliphatic rings. The van der Waals surface area contributed by atoms with Crippen molar-refractivity contribution in [3.05, 3.63) is 60.3 Å². The molecule has 0 bridgehead atoms. The lowest BCUT2D eigenvalue weighted by Crippen LogP contribution is -2.23. The van der Waals surface area contributed by atoms with Crippen molar-refractivity contribution in [2.75, 3.05) is 0 Å². The van der Waals surface area contributed by atoms with Crippen LogP contribution in [0.15, 0.2) is 49.1 Å². The van der Waals surface area contributed by atoms with Crippen molar-refractivity contribution in [2.45, 2.75) is 6.54 Å². The van der Waals surface area contributed by atoms with E-state index in [-0.39, 0.29) is 5.91 Å². The Hall–Kier alpha value is -2.69. The van der Waals surface area contributed by atoms with Crippen LogP contribution in [0.3, 0.4) is 0 Å². The van der Waals surface area contributed by atoms with Gasteiger partial charge in [-0.15, -0.1) is 0 Å². The third-order valence-electron chi connectivity index (χ3n) is 2.91. The summed E-state index contributed by atoms with van der Waals surface area (Å²) in [7, 11) is 0. The third-order valence-corrected chi connectivity index (χ3v) is 2.91. The van der Waals surface area contributed by atoms with E-state index in [1.165, 1.54) is 18.6 Å². The summed E-state index contributed by atoms with van der Waals surface area (Å²) in [6.07, 6.45) is 6.39. The van der Waals surface area contributed by atoms with Crippen LogP contribution >= 0.6 is 0 Å². The number of hydrogen-bond acceptors (Lipinski definition) is 3. The lowest BCUT2D eigenvalue weighted by molar-refractivity contribution is 0.0945. The predicted octanol–water partition coefficient (Wildman–Crippen LogP) is 1.89. The average Bonchev–Trinajstić information content (AvgIpc) is 2.89. The molecule has 2 heterocycles. The second-order valence-corrected chi connectivity index (χ2v) is 4.13. The van der Waals surface area contributed by atoms with Crippen molar-refractivity contribution in [2.24, 2.45) is 0 Å². The van der Waals surface area contributed by atoms with Crippen molar-refractivity contribution in [1.82, 2.24) is 20.3 Å². The molecule has 0 fully saturated rings. The van der Waals surface area contributed by atoms with Crippen molar-refractivity contribution < 1.29 is 4.79 Å². The summed E-state index contributed by atoms with van der Waals surface area (Å²) in [6.45, 7) is 0.458. The Morgan fingerprint density at radius 1 is 1.26 bits per heavy atom. The normalized spacial score (nSPS) is 10.5. The fourth-order valence-corrected chi connectivity index (χ4v) is 1.96. The van der Waals surface area contributed by atoms with E-state index in [1.54, 1.807) is 0 Å². The molecule has 3 rings (SSSR count). The Bertz CT molecular complexity index is 706. The van der Waals surface area contributed by atoms with Gasteiger partial charge >= 0.3 is 0 Å². The predicted molar refractivity (Wildman–Crippen MR) is 71.5 cm³/mol. The molecule has 0 saturated heterocycles. The summed E-state index contributed by atoms with van der Waals surface area (Å²) in [5, 5.41) is 3.94. The number of benzene rings is 1. The molecule has 0 atom stereocenters. The topological polar surface area (TPSA) is 70.7 Å². The largest absolute Gasteiger partial charge is 0.361 e. The number of hydrogen-bond donors (Lipinski definition) is 2. The number of rotatable bonds is 3. The van der Waals surface area contributed by atoms with E-state index in [4.69, 9.17) is 0 Å². The average molecular weight is 252 g/mol. The van der Waals surface area contributed by atoms with Crippen LogP contribution in [-0.4, -0.2) is 20.9 Å². The molecule has 3 aromatic rings. The smallest absolute Gasteiger partial charge is 0.271 e. The number of aromatic nitrogens is 3. The number of nitrogens with zero attached hydrogens (tertiary/aromatic N) is 2. The second kappa shape index (κ2) is 4.89. The van der Waals surface area contributed by atoms with E-state index >= 15 is 0 Å². The molecule has 0 saturated carbocycles. The number of nitrogens with one attached hydrogen (secondary N) is 2. The third kappa shape index (κ3) is 2.30. The lowest BCUT2D eigenvalue weighted by atomic mass is 10.2. The first-order valence-electron chi connectivity index (χ1n) is 5.94. The molecule has 19 heavy (non-hydrogen) atoms. The van der Waals surface area contributed by atoms with Crippen LogP contribution in [-0.2, 0) is 6.54 Å². The lowest BCUT2D eigenvalue weighted by Gasteiger charge is -2.03. The van der Waals surface area contributed by atoms with Gasteiger partial charge in [0, 0.05) is 36.0 Å². The van der Waals surface area contributed by atoms with Crippen molar-refractivity contribution in [1.29, 1.82) is 0 Å². The number of carbonyl (C=O) groups is 1. The van der Waals surface area contributed by atoms with E-state index < -0.39 is 0 Å². The highest BCUT2D eigenvalue weighted by atomic mass is 16.1. The molecule has 2 N–H and O–H groups in total. The SMILES string of the molecule is O=C(NCc1c[nH]c2ccccc12)c1cnccn1. The van der Waals surface area contributed by atoms with Crippen LogP contribution in [0.4, 0.5) is 0 Å². The summed E-state index contributed by atoms with van der Waals surface area (Å²) >= 11 is 0. The highest BCUT2D eigenvalue weighted by molar-refractivity contribution is 5.92. The summed E-state index contributed by atoms with van der Waals surface area (Å²) in [5.41, 5.74) is 2.43. The van der Waals surface area contributed by atoms with Gasteiger partial charge in [-0.05, 0) is 11.6 Å². The Morgan fingerprint density at radius 2 is 2.16 bits per heavy atom. The van der Waals surface area contributed by atoms with E-state index in [2.05, 4.69) is 20.3 Å². The van der Waals surface area contributed by atoms with Crippen LogP contribution in [0.25, 0.3) is 10.9 Å². The van der Waals surface area contributed by atoms with Crippen LogP contribution in [0.1, 0.15) is 16.1 Å². The molecule has 0 aliphatic heterocycles. The number of aromatic amines is 1. The minimum absolute atomic E-state index is 0.224. The second-order valence-electron chi connectivity index (χ2n) is 4.13. The molecular formula is C14H12N4O. The maximum atomic E-state index is 11.9. The number of amides is 1. The van der Waals surface area contributed by atoms with E-state index in [0.29, 0.717) is 12.2 Å². The Labute approximate surface area is 109 Å². The molecule has 5 nitrogen and oxygen atoms in total. The zero-order valence-electron chi connectivity index (χ0n) is 10.1. The quantitative estimate of drug-likeness (QED) is 0.747. The minimum Gasteiger partial charge on any atom is -0.361 e. The molecule has 1 amide bonds. The summed E-state index contributed by atoms with van der Waals surface area (Å²) in [6, 6.07) is 7.98. The fourth-order valence-electron chi connectivity index (χ4n) is 1.96. The summed E-state index contributed by atoms with van der Waals surface area (Å²) in [5.74, 6) is -0.224. The van der Waals surface area contributed by atoms with Crippen molar-refractivity contribution in [3.63, 3.8) is 0 Å². The van der Waals surface area contributed by atoms with Gasteiger partial charge < -0.3 is 10.3 Å². The highest BCUT2D eigenvalue weighted by Gasteiger charge is 2.08. The monoisotopic (exact) mass is 252 g/mol. The molecule has 5 heteroatoms. The summed E-state index contributed by atoms with van der Waals surface area (Å²) in [4.78, 5) is 22.9. The first-order chi connectivity index (χ1) is 9.34. The molecule has 0 unspecified atom stereocenters. The van der Waals surface area contributed by atoms with Crippen molar-refractivity contribution >= 4 is 16.8 Å². The molecule has 94 valence electrons. The number of fused-ring (bicyclic) bond motifs is 1. The highest BCUT2D eigenvalue weighted by Crippen LogP contribution is 2.17. The van der Waals surface area contributed by atoms with Gasteiger partial charge in [-0.2, -0.15) is 0 Å². The molecule has 0 spiro atoms. The molecular weight excluding hydrogens is 240 g/mol. The van der Waals surface area contributed by atoms with Crippen LogP contribution in [0.2, 0.25) is 0 Å². The maximum Gasteiger partial charge on any atom is 0.271 e. The van der Waals surface area contributed by atoms with Gasteiger partial charge in [0.15, 0.2) is 0 Å². The van der Waals surface area contributed by atoms with Crippen LogP contribution in [0.5, 0.6) is 0 Å². The maximum absolute atomic E-state index is 11.9. The van der Waals surface area contributed by atoms with Gasteiger partial charge in [0.25, 0.3) is 5.91 Å². The van der Waals surface area contributed by atoms with E-state index in [1.807, 2.05) is 30.5 Å². The minimum atomic E-state index is -0.224. The molecule has 0 aliphatic carbocycles. The van der Waals surface area contributed by atoms with Gasteiger partial charge in [-0.25, -0.2) is 4.98 Å². The fraction of sp³-hybridized carbons (Fsp3) is 0.0714.